The highest BCUT2D eigenvalue weighted by Crippen LogP contribution is 2.67. The highest BCUT2D eigenvalue weighted by Gasteiger charge is 2.64. The van der Waals surface area contributed by atoms with Crippen LogP contribution >= 0.6 is 11.6 Å². The first kappa shape index (κ1) is 15.1. The number of halogens is 1. The van der Waals surface area contributed by atoms with Gasteiger partial charge in [-0.2, -0.15) is 0 Å². The molecule has 0 spiro atoms. The van der Waals surface area contributed by atoms with Gasteiger partial charge in [-0.1, -0.05) is 39.3 Å². The van der Waals surface area contributed by atoms with Gasteiger partial charge in [-0.15, -0.1) is 0 Å². The molecule has 1 aliphatic rings. The Labute approximate surface area is 125 Å². The highest BCUT2D eigenvalue weighted by atomic mass is 35.5. The van der Waals surface area contributed by atoms with E-state index < -0.39 is 0 Å². The van der Waals surface area contributed by atoms with Gasteiger partial charge in [0.15, 0.2) is 0 Å². The lowest BCUT2D eigenvalue weighted by Gasteiger charge is -2.08. The largest absolute Gasteiger partial charge is 0.373 e. The maximum Gasteiger partial charge on any atom is 0.251 e. The highest BCUT2D eigenvalue weighted by molar-refractivity contribution is 6.29. The Morgan fingerprint density at radius 2 is 1.90 bits per heavy atom. The first-order valence-electron chi connectivity index (χ1n) is 6.83. The van der Waals surface area contributed by atoms with Crippen molar-refractivity contribution in [1.29, 1.82) is 0 Å². The van der Waals surface area contributed by atoms with Crippen molar-refractivity contribution in [1.82, 2.24) is 10.3 Å². The quantitative estimate of drug-likeness (QED) is 0.839. The number of amides is 1. The molecule has 1 heterocycles. The number of aromatic nitrogens is 1. The van der Waals surface area contributed by atoms with Crippen LogP contribution in [-0.4, -0.2) is 24.5 Å². The molecule has 0 bridgehead atoms. The van der Waals surface area contributed by atoms with E-state index in [4.69, 9.17) is 11.6 Å². The molecule has 1 saturated carbocycles. The molecular weight excluding hydrogens is 274 g/mol. The maximum atomic E-state index is 12.2. The molecule has 0 radical (unpaired) electrons. The minimum Gasteiger partial charge on any atom is -0.373 e. The molecule has 1 fully saturated rings. The molecule has 1 aromatic heterocycles. The molecular formula is C15H22ClN3O. The van der Waals surface area contributed by atoms with Crippen LogP contribution in [0.1, 0.15) is 38.1 Å². The van der Waals surface area contributed by atoms with E-state index in [1.165, 1.54) is 0 Å². The molecule has 1 amide bonds. The standard InChI is InChI=1S/C15H22ClN3O/c1-14(2)10(15(14,3)4)8-18-13(20)9-6-11(16)19-12(7-9)17-5/h6-7,10H,8H2,1-5H3,(H,17,19)(H,18,20). The van der Waals surface area contributed by atoms with Crippen LogP contribution in [0.2, 0.25) is 5.15 Å². The average molecular weight is 296 g/mol. The molecule has 2 N–H and O–H groups in total. The van der Waals surface area contributed by atoms with Crippen LogP contribution in [-0.2, 0) is 0 Å². The molecule has 0 saturated heterocycles. The van der Waals surface area contributed by atoms with E-state index >= 15 is 0 Å². The number of hydrogen-bond donors (Lipinski definition) is 2. The van der Waals surface area contributed by atoms with E-state index in [1.54, 1.807) is 19.2 Å². The zero-order valence-electron chi connectivity index (χ0n) is 12.7. The molecule has 1 aliphatic carbocycles. The summed E-state index contributed by atoms with van der Waals surface area (Å²) in [5.74, 6) is 0.985. The minimum atomic E-state index is -0.107. The Hall–Kier alpha value is -1.29. The van der Waals surface area contributed by atoms with E-state index in [1.807, 2.05) is 0 Å². The summed E-state index contributed by atoms with van der Waals surface area (Å²) < 4.78 is 0. The normalized spacial score (nSPS) is 19.5. The number of pyridine rings is 1. The second-order valence-corrected chi connectivity index (χ2v) is 6.91. The molecule has 2 rings (SSSR count). The van der Waals surface area contributed by atoms with Crippen molar-refractivity contribution >= 4 is 23.3 Å². The average Bonchev–Trinajstić information content (AvgIpc) is 2.76. The first-order chi connectivity index (χ1) is 9.20. The number of hydrogen-bond acceptors (Lipinski definition) is 3. The Bertz CT molecular complexity index is 526. The van der Waals surface area contributed by atoms with Crippen LogP contribution in [0.5, 0.6) is 0 Å². The van der Waals surface area contributed by atoms with Crippen molar-refractivity contribution in [2.24, 2.45) is 16.7 Å². The zero-order chi connectivity index (χ0) is 15.1. The molecule has 0 atom stereocenters. The van der Waals surface area contributed by atoms with Gasteiger partial charge in [0.2, 0.25) is 0 Å². The summed E-state index contributed by atoms with van der Waals surface area (Å²) in [5, 5.41) is 6.20. The molecule has 20 heavy (non-hydrogen) atoms. The summed E-state index contributed by atoms with van der Waals surface area (Å²) in [6.07, 6.45) is 0. The third-order valence-corrected chi connectivity index (χ3v) is 5.29. The van der Waals surface area contributed by atoms with Gasteiger partial charge in [0.25, 0.3) is 5.91 Å². The number of carbonyl (C=O) groups is 1. The number of nitrogens with zero attached hydrogens (tertiary/aromatic N) is 1. The fourth-order valence-corrected chi connectivity index (χ4v) is 3.10. The summed E-state index contributed by atoms with van der Waals surface area (Å²) in [7, 11) is 1.75. The van der Waals surface area contributed by atoms with Crippen molar-refractivity contribution < 1.29 is 4.79 Å². The maximum absolute atomic E-state index is 12.2. The van der Waals surface area contributed by atoms with Gasteiger partial charge in [-0.05, 0) is 28.9 Å². The van der Waals surface area contributed by atoms with Crippen molar-refractivity contribution in [3.8, 4) is 0 Å². The van der Waals surface area contributed by atoms with Gasteiger partial charge < -0.3 is 10.6 Å². The summed E-state index contributed by atoms with van der Waals surface area (Å²) in [5.41, 5.74) is 1.07. The van der Waals surface area contributed by atoms with E-state index in [2.05, 4.69) is 43.3 Å². The van der Waals surface area contributed by atoms with Crippen molar-refractivity contribution in [3.05, 3.63) is 22.8 Å². The van der Waals surface area contributed by atoms with E-state index in [0.717, 1.165) is 0 Å². The predicted molar refractivity (Wildman–Crippen MR) is 82.2 cm³/mol. The van der Waals surface area contributed by atoms with Crippen LogP contribution in [0.4, 0.5) is 5.82 Å². The Kier molecular flexibility index (Phi) is 3.71. The number of rotatable bonds is 4. The molecule has 5 heteroatoms. The second kappa shape index (κ2) is 4.92. The lowest BCUT2D eigenvalue weighted by Crippen LogP contribution is -2.27. The van der Waals surface area contributed by atoms with Gasteiger partial charge in [0.05, 0.1) is 0 Å². The fraction of sp³-hybridized carbons (Fsp3) is 0.600. The van der Waals surface area contributed by atoms with Crippen molar-refractivity contribution in [2.75, 3.05) is 18.9 Å². The molecule has 1 aromatic rings. The number of anilines is 1. The van der Waals surface area contributed by atoms with Crippen LogP contribution < -0.4 is 10.6 Å². The SMILES string of the molecule is CNc1cc(C(=O)NCC2C(C)(C)C2(C)C)cc(Cl)n1. The Balaban J connectivity index is 2.02. The van der Waals surface area contributed by atoms with E-state index in [-0.39, 0.29) is 16.7 Å². The molecule has 110 valence electrons. The van der Waals surface area contributed by atoms with Gasteiger partial charge >= 0.3 is 0 Å². The van der Waals surface area contributed by atoms with E-state index in [0.29, 0.717) is 29.0 Å². The third kappa shape index (κ3) is 2.49. The summed E-state index contributed by atoms with van der Waals surface area (Å²) >= 11 is 5.91. The molecule has 4 nitrogen and oxygen atoms in total. The van der Waals surface area contributed by atoms with Crippen molar-refractivity contribution in [3.63, 3.8) is 0 Å². The second-order valence-electron chi connectivity index (χ2n) is 6.52. The van der Waals surface area contributed by atoms with Gasteiger partial charge in [-0.3, -0.25) is 4.79 Å². The topological polar surface area (TPSA) is 54.0 Å². The predicted octanol–water partition coefficient (Wildman–Crippen LogP) is 3.19. The van der Waals surface area contributed by atoms with Crippen LogP contribution in [0.25, 0.3) is 0 Å². The van der Waals surface area contributed by atoms with E-state index in [9.17, 15) is 4.79 Å². The minimum absolute atomic E-state index is 0.107. The van der Waals surface area contributed by atoms with Gasteiger partial charge in [0.1, 0.15) is 11.0 Å². The van der Waals surface area contributed by atoms with Crippen LogP contribution in [0.15, 0.2) is 12.1 Å². The smallest absolute Gasteiger partial charge is 0.251 e. The van der Waals surface area contributed by atoms with Gasteiger partial charge in [-0.25, -0.2) is 4.98 Å². The van der Waals surface area contributed by atoms with Gasteiger partial charge in [0, 0.05) is 19.2 Å². The number of nitrogens with one attached hydrogen (secondary N) is 2. The lowest BCUT2D eigenvalue weighted by atomic mass is 10.0. The first-order valence-corrected chi connectivity index (χ1v) is 7.21. The molecule has 0 aliphatic heterocycles. The van der Waals surface area contributed by atoms with Crippen molar-refractivity contribution in [2.45, 2.75) is 27.7 Å². The molecule has 0 unspecified atom stereocenters. The Morgan fingerprint density at radius 3 is 2.40 bits per heavy atom. The third-order valence-electron chi connectivity index (χ3n) is 5.10. The monoisotopic (exact) mass is 295 g/mol. The molecule has 0 aromatic carbocycles. The fourth-order valence-electron chi connectivity index (χ4n) is 2.90. The zero-order valence-corrected chi connectivity index (χ0v) is 13.4. The summed E-state index contributed by atoms with van der Waals surface area (Å²) in [4.78, 5) is 16.3. The van der Waals surface area contributed by atoms with Crippen LogP contribution in [0.3, 0.4) is 0 Å². The summed E-state index contributed by atoms with van der Waals surface area (Å²) in [6.45, 7) is 9.66. The summed E-state index contributed by atoms with van der Waals surface area (Å²) in [6, 6.07) is 3.28. The van der Waals surface area contributed by atoms with Crippen LogP contribution in [0, 0.1) is 16.7 Å². The lowest BCUT2D eigenvalue weighted by molar-refractivity contribution is 0.0950. The Morgan fingerprint density at radius 1 is 1.30 bits per heavy atom. The number of carbonyl (C=O) groups excluding carboxylic acids is 1.